The first-order valence-corrected chi connectivity index (χ1v) is 19.8. The van der Waals surface area contributed by atoms with Crippen LogP contribution >= 0.6 is 0 Å². The summed E-state index contributed by atoms with van der Waals surface area (Å²) in [6, 6.07) is 16.4. The summed E-state index contributed by atoms with van der Waals surface area (Å²) in [6.45, 7) is 11.6. The van der Waals surface area contributed by atoms with E-state index in [9.17, 15) is 24.0 Å². The molecule has 2 aromatic rings. The van der Waals surface area contributed by atoms with E-state index in [2.05, 4.69) is 5.32 Å². The lowest BCUT2D eigenvalue weighted by Gasteiger charge is -2.32. The number of ether oxygens (including phenoxy) is 2. The van der Waals surface area contributed by atoms with Gasteiger partial charge in [-0.2, -0.15) is 0 Å². The number of rotatable bonds is 19. The molecule has 0 saturated carbocycles. The predicted molar refractivity (Wildman–Crippen MR) is 209 cm³/mol. The van der Waals surface area contributed by atoms with Gasteiger partial charge in [-0.15, -0.1) is 0 Å². The predicted octanol–water partition coefficient (Wildman–Crippen LogP) is 5.30. The number of benzene rings is 2. The van der Waals surface area contributed by atoms with Crippen LogP contribution in [-0.4, -0.2) is 96.4 Å². The Morgan fingerprint density at radius 2 is 1.54 bits per heavy atom. The number of ketones is 2. The van der Waals surface area contributed by atoms with Crippen LogP contribution in [0.1, 0.15) is 89.8 Å². The van der Waals surface area contributed by atoms with Crippen LogP contribution in [0.3, 0.4) is 0 Å². The van der Waals surface area contributed by atoms with Crippen molar-refractivity contribution >= 4 is 29.5 Å². The Kier molecular flexibility index (Phi) is 16.2. The quantitative estimate of drug-likeness (QED) is 0.184. The fourth-order valence-electron chi connectivity index (χ4n) is 7.41. The first-order chi connectivity index (χ1) is 25.7. The Morgan fingerprint density at radius 3 is 2.13 bits per heavy atom. The molecule has 0 radical (unpaired) electrons. The highest BCUT2D eigenvalue weighted by atomic mass is 16.6. The number of Topliss-reactive ketones (excluding diaryl/α,β-unsaturated/α-hetero) is 2. The second-order valence-electron chi connectivity index (χ2n) is 16.3. The van der Waals surface area contributed by atoms with Crippen molar-refractivity contribution in [1.82, 2.24) is 15.1 Å². The van der Waals surface area contributed by atoms with Crippen LogP contribution in [0.5, 0.6) is 0 Å². The van der Waals surface area contributed by atoms with Crippen molar-refractivity contribution in [2.75, 3.05) is 39.4 Å². The number of hydrogen-bond acceptors (Lipinski definition) is 8. The van der Waals surface area contributed by atoms with Crippen molar-refractivity contribution < 1.29 is 33.4 Å². The van der Waals surface area contributed by atoms with Gasteiger partial charge in [0, 0.05) is 43.8 Å². The molecule has 2 aromatic carbocycles. The maximum absolute atomic E-state index is 14.2. The van der Waals surface area contributed by atoms with Gasteiger partial charge in [0.1, 0.15) is 5.60 Å². The van der Waals surface area contributed by atoms with Gasteiger partial charge < -0.3 is 25.4 Å². The zero-order chi connectivity index (χ0) is 39.3. The summed E-state index contributed by atoms with van der Waals surface area (Å²) in [5, 5.41) is 3.03. The van der Waals surface area contributed by atoms with E-state index in [1.165, 1.54) is 4.90 Å². The van der Waals surface area contributed by atoms with Crippen LogP contribution < -0.4 is 11.1 Å². The first kappa shape index (κ1) is 42.6. The molecule has 4 rings (SSSR count). The van der Waals surface area contributed by atoms with Crippen molar-refractivity contribution in [3.8, 4) is 0 Å². The summed E-state index contributed by atoms with van der Waals surface area (Å²) < 4.78 is 11.2. The molecule has 0 spiro atoms. The van der Waals surface area contributed by atoms with Gasteiger partial charge in [-0.05, 0) is 88.4 Å². The third-order valence-corrected chi connectivity index (χ3v) is 10.2. The van der Waals surface area contributed by atoms with E-state index in [1.807, 2.05) is 68.4 Å². The zero-order valence-corrected chi connectivity index (χ0v) is 33.0. The summed E-state index contributed by atoms with van der Waals surface area (Å²) in [5.41, 5.74) is 8.15. The smallest absolute Gasteiger partial charge is 0.410 e. The lowest BCUT2D eigenvalue weighted by molar-refractivity contribution is -0.142. The second-order valence-corrected chi connectivity index (χ2v) is 16.3. The largest absolute Gasteiger partial charge is 0.444 e. The van der Waals surface area contributed by atoms with Gasteiger partial charge in [-0.1, -0.05) is 74.9 Å². The number of amides is 3. The Bertz CT molecular complexity index is 1530. The first-order valence-electron chi connectivity index (χ1n) is 19.8. The molecule has 1 aliphatic carbocycles. The van der Waals surface area contributed by atoms with Crippen LogP contribution in [0, 0.1) is 17.8 Å². The monoisotopic (exact) mass is 746 g/mol. The van der Waals surface area contributed by atoms with Crippen LogP contribution in [0.15, 0.2) is 54.6 Å². The molecule has 11 nitrogen and oxygen atoms in total. The number of nitrogens with two attached hydrogens (primary N) is 1. The van der Waals surface area contributed by atoms with E-state index in [0.29, 0.717) is 58.5 Å². The van der Waals surface area contributed by atoms with E-state index < -0.39 is 35.5 Å². The topological polar surface area (TPSA) is 148 Å². The molecule has 296 valence electrons. The number of morpholine rings is 1. The van der Waals surface area contributed by atoms with Crippen molar-refractivity contribution in [1.29, 1.82) is 0 Å². The maximum atomic E-state index is 14.2. The third kappa shape index (κ3) is 13.3. The average Bonchev–Trinajstić information content (AvgIpc) is 3.56. The standard InChI is InChI=1S/C43H62N4O7/c1-30(2)23-38(39(49)28-34(17-11-12-18-44)41(51)46-19-21-53-22-20-46)45-40(50)35(24-31-13-7-6-8-14-31)27-37(48)29-47(42(52)54-43(3,4)5)36-25-32-15-9-10-16-33(32)26-36/h6-10,13-16,30,34-36,38H,11-12,17-29,44H2,1-5H3,(H,45,50)/t34-,35-,38+/m0/s1. The molecule has 3 amide bonds. The Hall–Kier alpha value is -4.09. The minimum Gasteiger partial charge on any atom is -0.444 e. The third-order valence-electron chi connectivity index (χ3n) is 10.2. The molecule has 1 heterocycles. The number of fused-ring (bicyclic) bond motifs is 1. The van der Waals surface area contributed by atoms with E-state index in [1.54, 1.807) is 25.7 Å². The molecule has 1 saturated heterocycles. The van der Waals surface area contributed by atoms with Crippen LogP contribution in [0.25, 0.3) is 0 Å². The summed E-state index contributed by atoms with van der Waals surface area (Å²) in [7, 11) is 0. The highest BCUT2D eigenvalue weighted by molar-refractivity contribution is 5.94. The SMILES string of the molecule is CC(C)C[C@@H](NC(=O)[C@H](CC(=O)CN(C(=O)OC(C)(C)C)C1Cc2ccccc2C1)Cc1ccccc1)C(=O)C[C@H](CCCCN)C(=O)N1CCOCC1. The molecular formula is C43H62N4O7. The molecule has 1 aliphatic heterocycles. The minimum atomic E-state index is -0.823. The van der Waals surface area contributed by atoms with Gasteiger partial charge in [0.05, 0.1) is 25.8 Å². The van der Waals surface area contributed by atoms with Crippen LogP contribution in [-0.2, 0) is 47.9 Å². The average molecular weight is 747 g/mol. The number of nitrogens with zero attached hydrogens (tertiary/aromatic N) is 2. The molecule has 54 heavy (non-hydrogen) atoms. The van der Waals surface area contributed by atoms with Crippen LogP contribution in [0.4, 0.5) is 4.79 Å². The summed E-state index contributed by atoms with van der Waals surface area (Å²) in [4.78, 5) is 72.8. The van der Waals surface area contributed by atoms with Gasteiger partial charge in [0.15, 0.2) is 11.6 Å². The van der Waals surface area contributed by atoms with E-state index in [4.69, 9.17) is 15.2 Å². The van der Waals surface area contributed by atoms with Crippen molar-refractivity contribution in [2.45, 2.75) is 110 Å². The molecular weight excluding hydrogens is 684 g/mol. The number of unbranched alkanes of at least 4 members (excludes halogenated alkanes) is 1. The molecule has 11 heteroatoms. The number of nitrogens with one attached hydrogen (secondary N) is 1. The Labute approximate surface area is 321 Å². The van der Waals surface area contributed by atoms with Gasteiger partial charge >= 0.3 is 6.09 Å². The fraction of sp³-hybridized carbons (Fsp3) is 0.605. The maximum Gasteiger partial charge on any atom is 0.410 e. The van der Waals surface area contributed by atoms with E-state index >= 15 is 0 Å². The molecule has 0 bridgehead atoms. The van der Waals surface area contributed by atoms with Crippen molar-refractivity contribution in [3.05, 3.63) is 71.3 Å². The van der Waals surface area contributed by atoms with Gasteiger partial charge in [-0.3, -0.25) is 24.1 Å². The van der Waals surface area contributed by atoms with Crippen molar-refractivity contribution in [2.24, 2.45) is 23.5 Å². The highest BCUT2D eigenvalue weighted by Gasteiger charge is 2.36. The van der Waals surface area contributed by atoms with Gasteiger partial charge in [0.2, 0.25) is 11.8 Å². The molecule has 2 aliphatic rings. The number of hydrogen-bond donors (Lipinski definition) is 2. The number of carbonyl (C=O) groups is 5. The van der Waals surface area contributed by atoms with Crippen molar-refractivity contribution in [3.63, 3.8) is 0 Å². The van der Waals surface area contributed by atoms with Crippen LogP contribution in [0.2, 0.25) is 0 Å². The summed E-state index contributed by atoms with van der Waals surface area (Å²) in [5.74, 6) is -2.16. The Morgan fingerprint density at radius 1 is 0.907 bits per heavy atom. The molecule has 0 aromatic heterocycles. The Balaban J connectivity index is 1.53. The fourth-order valence-corrected chi connectivity index (χ4v) is 7.41. The minimum absolute atomic E-state index is 0.00926. The number of carbonyl (C=O) groups excluding carboxylic acids is 5. The highest BCUT2D eigenvalue weighted by Crippen LogP contribution is 2.28. The van der Waals surface area contributed by atoms with Gasteiger partial charge in [-0.25, -0.2) is 4.79 Å². The molecule has 1 fully saturated rings. The zero-order valence-electron chi connectivity index (χ0n) is 33.0. The molecule has 0 unspecified atom stereocenters. The van der Waals surface area contributed by atoms with E-state index in [-0.39, 0.29) is 55.2 Å². The lowest BCUT2D eigenvalue weighted by Crippen LogP contribution is -2.49. The van der Waals surface area contributed by atoms with Gasteiger partial charge in [0.25, 0.3) is 0 Å². The normalized spacial score (nSPS) is 16.3. The lowest BCUT2D eigenvalue weighted by atomic mass is 9.88. The summed E-state index contributed by atoms with van der Waals surface area (Å²) >= 11 is 0. The second kappa shape index (κ2) is 20.6. The molecule has 3 atom stereocenters. The molecule has 3 N–H and O–H groups in total. The van der Waals surface area contributed by atoms with E-state index in [0.717, 1.165) is 29.5 Å². The summed E-state index contributed by atoms with van der Waals surface area (Å²) in [6.07, 6.45) is 3.22.